The highest BCUT2D eigenvalue weighted by molar-refractivity contribution is 5.94. The molecule has 6 heteroatoms. The molecular formula is C17H17N3O3. The van der Waals surface area contributed by atoms with Gasteiger partial charge < -0.3 is 20.3 Å². The first-order valence-electron chi connectivity index (χ1n) is 7.53. The summed E-state index contributed by atoms with van der Waals surface area (Å²) in [6.45, 7) is 1.34. The van der Waals surface area contributed by atoms with E-state index in [-0.39, 0.29) is 6.10 Å². The molecule has 2 aromatic rings. The van der Waals surface area contributed by atoms with E-state index in [2.05, 4.69) is 9.98 Å². The second kappa shape index (κ2) is 5.64. The number of pyridine rings is 1. The largest absolute Gasteiger partial charge is 0.484 e. The molecule has 4 rings (SSSR count). The molecule has 23 heavy (non-hydrogen) atoms. The van der Waals surface area contributed by atoms with E-state index >= 15 is 0 Å². The Bertz CT molecular complexity index is 816. The summed E-state index contributed by atoms with van der Waals surface area (Å²) >= 11 is 0. The minimum Gasteiger partial charge on any atom is -0.484 e. The summed E-state index contributed by atoms with van der Waals surface area (Å²) in [4.78, 5) is 8.60. The van der Waals surface area contributed by atoms with E-state index in [0.29, 0.717) is 31.3 Å². The highest BCUT2D eigenvalue weighted by Gasteiger charge is 2.28. The van der Waals surface area contributed by atoms with Crippen molar-refractivity contribution in [2.24, 2.45) is 4.99 Å². The van der Waals surface area contributed by atoms with Gasteiger partial charge in [-0.05, 0) is 29.3 Å². The standard InChI is InChI=1S/C17H17N3O3/c18-17-6-15(23-16-9-22-8-14(16)21)12-2-1-10(5-13(12)20-17)11-3-4-19-7-11/h1-6,14,16,21H,7-9H2,(H2,18,20)/t14-,16+/m1/s1. The molecule has 3 heterocycles. The molecule has 0 aliphatic carbocycles. The van der Waals surface area contributed by atoms with Crippen LogP contribution in [-0.4, -0.2) is 48.3 Å². The number of hydrogen-bond acceptors (Lipinski definition) is 6. The maximum absolute atomic E-state index is 9.86. The second-order valence-electron chi connectivity index (χ2n) is 5.72. The molecule has 6 nitrogen and oxygen atoms in total. The van der Waals surface area contributed by atoms with Crippen LogP contribution in [0, 0.1) is 0 Å². The predicted octanol–water partition coefficient (Wildman–Crippen LogP) is 1.42. The summed E-state index contributed by atoms with van der Waals surface area (Å²) in [7, 11) is 0. The molecule has 0 bridgehead atoms. The first-order chi connectivity index (χ1) is 11.2. The number of ether oxygens (including phenoxy) is 2. The molecule has 2 atom stereocenters. The van der Waals surface area contributed by atoms with Crippen molar-refractivity contribution in [1.82, 2.24) is 4.98 Å². The first-order valence-corrected chi connectivity index (χ1v) is 7.53. The Hall–Kier alpha value is -2.44. The van der Waals surface area contributed by atoms with Crippen LogP contribution in [0.25, 0.3) is 16.5 Å². The Morgan fingerprint density at radius 2 is 2.17 bits per heavy atom. The van der Waals surface area contributed by atoms with E-state index in [1.807, 2.05) is 30.5 Å². The third-order valence-corrected chi connectivity index (χ3v) is 4.08. The summed E-state index contributed by atoms with van der Waals surface area (Å²) in [5.74, 6) is 1.000. The van der Waals surface area contributed by atoms with Gasteiger partial charge in [-0.3, -0.25) is 4.99 Å². The average molecular weight is 311 g/mol. The zero-order valence-corrected chi connectivity index (χ0v) is 12.5. The number of hydrogen-bond donors (Lipinski definition) is 2. The number of nitrogens with two attached hydrogens (primary N) is 1. The maximum Gasteiger partial charge on any atom is 0.150 e. The van der Waals surface area contributed by atoms with Crippen molar-refractivity contribution in [3.63, 3.8) is 0 Å². The molecule has 1 aromatic heterocycles. The Kier molecular flexibility index (Phi) is 3.48. The fourth-order valence-electron chi connectivity index (χ4n) is 2.85. The van der Waals surface area contributed by atoms with Gasteiger partial charge in [-0.15, -0.1) is 0 Å². The molecular weight excluding hydrogens is 294 g/mol. The topological polar surface area (TPSA) is 90.0 Å². The number of nitrogens with zero attached hydrogens (tertiary/aromatic N) is 2. The summed E-state index contributed by atoms with van der Waals surface area (Å²) in [6, 6.07) is 7.66. The molecule has 3 N–H and O–H groups in total. The van der Waals surface area contributed by atoms with Crippen LogP contribution in [-0.2, 0) is 4.74 Å². The number of allylic oxidation sites excluding steroid dienone is 1. The molecule has 1 saturated heterocycles. The average Bonchev–Trinajstić information content (AvgIpc) is 3.19. The van der Waals surface area contributed by atoms with Crippen LogP contribution in [0.2, 0.25) is 0 Å². The first kappa shape index (κ1) is 14.2. The van der Waals surface area contributed by atoms with Gasteiger partial charge in [-0.1, -0.05) is 6.07 Å². The van der Waals surface area contributed by atoms with Crippen molar-refractivity contribution in [1.29, 1.82) is 0 Å². The van der Waals surface area contributed by atoms with Crippen LogP contribution < -0.4 is 10.5 Å². The summed E-state index contributed by atoms with van der Waals surface area (Å²) < 4.78 is 11.1. The lowest BCUT2D eigenvalue weighted by atomic mass is 10.0. The monoisotopic (exact) mass is 311 g/mol. The van der Waals surface area contributed by atoms with Crippen molar-refractivity contribution in [2.45, 2.75) is 12.2 Å². The molecule has 0 spiro atoms. The van der Waals surface area contributed by atoms with Crippen LogP contribution in [0.15, 0.2) is 35.3 Å². The lowest BCUT2D eigenvalue weighted by Gasteiger charge is -2.17. The van der Waals surface area contributed by atoms with E-state index in [4.69, 9.17) is 15.2 Å². The van der Waals surface area contributed by atoms with Crippen LogP contribution in [0.3, 0.4) is 0 Å². The highest BCUT2D eigenvalue weighted by atomic mass is 16.6. The SMILES string of the molecule is Nc1cc(O[C@H]2COC[C@H]2O)c2ccc(C3=CC=NC3)cc2n1. The Morgan fingerprint density at radius 1 is 1.26 bits per heavy atom. The minimum absolute atomic E-state index is 0.293. The highest BCUT2D eigenvalue weighted by Crippen LogP contribution is 2.31. The molecule has 2 aliphatic heterocycles. The van der Waals surface area contributed by atoms with Gasteiger partial charge in [0.1, 0.15) is 23.8 Å². The van der Waals surface area contributed by atoms with E-state index < -0.39 is 6.10 Å². The molecule has 0 radical (unpaired) electrons. The van der Waals surface area contributed by atoms with Gasteiger partial charge in [0.05, 0.1) is 25.3 Å². The molecule has 1 fully saturated rings. The number of aliphatic imine (C=N–C) groups is 1. The fourth-order valence-corrected chi connectivity index (χ4v) is 2.85. The number of anilines is 1. The summed E-state index contributed by atoms with van der Waals surface area (Å²) in [5.41, 5.74) is 8.90. The van der Waals surface area contributed by atoms with Crippen LogP contribution in [0.4, 0.5) is 5.82 Å². The number of aliphatic hydroxyl groups excluding tert-OH is 1. The van der Waals surface area contributed by atoms with Crippen molar-refractivity contribution in [2.75, 3.05) is 25.5 Å². The van der Waals surface area contributed by atoms with Crippen molar-refractivity contribution >= 4 is 28.5 Å². The number of benzene rings is 1. The van der Waals surface area contributed by atoms with E-state index in [1.165, 1.54) is 0 Å². The van der Waals surface area contributed by atoms with Crippen LogP contribution >= 0.6 is 0 Å². The lowest BCUT2D eigenvalue weighted by Crippen LogP contribution is -2.29. The minimum atomic E-state index is -0.625. The number of aromatic nitrogens is 1. The molecule has 2 aliphatic rings. The van der Waals surface area contributed by atoms with Crippen LogP contribution in [0.1, 0.15) is 5.56 Å². The number of rotatable bonds is 3. The molecule has 118 valence electrons. The van der Waals surface area contributed by atoms with Gasteiger partial charge in [0, 0.05) is 17.7 Å². The summed E-state index contributed by atoms with van der Waals surface area (Å²) in [5, 5.41) is 10.7. The van der Waals surface area contributed by atoms with E-state index in [1.54, 1.807) is 6.07 Å². The Balaban J connectivity index is 1.73. The number of nitrogen functional groups attached to an aromatic ring is 1. The summed E-state index contributed by atoms with van der Waals surface area (Å²) in [6.07, 6.45) is 2.80. The molecule has 0 amide bonds. The van der Waals surface area contributed by atoms with Gasteiger partial charge in [-0.25, -0.2) is 4.98 Å². The van der Waals surface area contributed by atoms with E-state index in [9.17, 15) is 5.11 Å². The van der Waals surface area contributed by atoms with Crippen molar-refractivity contribution in [3.05, 3.63) is 35.9 Å². The molecule has 0 saturated carbocycles. The third kappa shape index (κ3) is 2.67. The van der Waals surface area contributed by atoms with Crippen LogP contribution in [0.5, 0.6) is 5.75 Å². The van der Waals surface area contributed by atoms with Gasteiger partial charge in [0.25, 0.3) is 0 Å². The molecule has 1 aromatic carbocycles. The zero-order chi connectivity index (χ0) is 15.8. The van der Waals surface area contributed by atoms with Gasteiger partial charge >= 0.3 is 0 Å². The third-order valence-electron chi connectivity index (χ3n) is 4.08. The Morgan fingerprint density at radius 3 is 2.91 bits per heavy atom. The fraction of sp³-hybridized carbons (Fsp3) is 0.294. The zero-order valence-electron chi connectivity index (χ0n) is 12.5. The predicted molar refractivity (Wildman–Crippen MR) is 88.7 cm³/mol. The number of aliphatic hydroxyl groups is 1. The molecule has 0 unspecified atom stereocenters. The second-order valence-corrected chi connectivity index (χ2v) is 5.72. The van der Waals surface area contributed by atoms with Gasteiger partial charge in [0.15, 0.2) is 0 Å². The maximum atomic E-state index is 9.86. The smallest absolute Gasteiger partial charge is 0.150 e. The normalized spacial score (nSPS) is 23.4. The quantitative estimate of drug-likeness (QED) is 0.895. The van der Waals surface area contributed by atoms with E-state index in [0.717, 1.165) is 22.0 Å². The van der Waals surface area contributed by atoms with Crippen molar-refractivity contribution < 1.29 is 14.6 Å². The van der Waals surface area contributed by atoms with Gasteiger partial charge in [0.2, 0.25) is 0 Å². The Labute approximate surface area is 133 Å². The lowest BCUT2D eigenvalue weighted by molar-refractivity contribution is 0.0743. The van der Waals surface area contributed by atoms with Crippen molar-refractivity contribution in [3.8, 4) is 5.75 Å². The number of fused-ring (bicyclic) bond motifs is 1. The van der Waals surface area contributed by atoms with Gasteiger partial charge in [-0.2, -0.15) is 0 Å².